The summed E-state index contributed by atoms with van der Waals surface area (Å²) in [6, 6.07) is 4.61. The summed E-state index contributed by atoms with van der Waals surface area (Å²) in [7, 11) is 0. The van der Waals surface area contributed by atoms with Crippen LogP contribution in [0.2, 0.25) is 0 Å². The molecule has 0 aliphatic carbocycles. The van der Waals surface area contributed by atoms with E-state index < -0.39 is 6.29 Å². The van der Waals surface area contributed by atoms with E-state index in [1.54, 1.807) is 17.4 Å². The van der Waals surface area contributed by atoms with Gasteiger partial charge in [-0.05, 0) is 26.0 Å². The standard InChI is InChI=1S/C13H12F2N2O2S/c1-7-8(2)20-12(17-7)6-16-9-3-4-10-11(5-9)19-13(14,15)18-10/h3-5,16H,6H2,1-2H3. The number of hydrogen-bond acceptors (Lipinski definition) is 5. The van der Waals surface area contributed by atoms with Crippen LogP contribution in [0, 0.1) is 13.8 Å². The number of fused-ring (bicyclic) bond motifs is 1. The molecule has 0 radical (unpaired) electrons. The molecule has 4 nitrogen and oxygen atoms in total. The summed E-state index contributed by atoms with van der Waals surface area (Å²) in [5, 5.41) is 4.07. The normalized spacial score (nSPS) is 15.4. The summed E-state index contributed by atoms with van der Waals surface area (Å²) in [6.45, 7) is 4.51. The largest absolute Gasteiger partial charge is 0.586 e. The summed E-state index contributed by atoms with van der Waals surface area (Å²) in [5.41, 5.74) is 1.69. The highest BCUT2D eigenvalue weighted by atomic mass is 32.1. The predicted octanol–water partition coefficient (Wildman–Crippen LogP) is 3.69. The molecule has 0 unspecified atom stereocenters. The number of halogens is 2. The van der Waals surface area contributed by atoms with Crippen molar-refractivity contribution < 1.29 is 18.3 Å². The van der Waals surface area contributed by atoms with Crippen molar-refractivity contribution in [2.45, 2.75) is 26.7 Å². The van der Waals surface area contributed by atoms with E-state index in [4.69, 9.17) is 0 Å². The minimum atomic E-state index is -3.58. The number of nitrogens with zero attached hydrogens (tertiary/aromatic N) is 1. The first-order valence-electron chi connectivity index (χ1n) is 6.00. The van der Waals surface area contributed by atoms with Gasteiger partial charge in [0.05, 0.1) is 12.2 Å². The zero-order valence-electron chi connectivity index (χ0n) is 10.9. The second kappa shape index (κ2) is 4.59. The average Bonchev–Trinajstić information content (AvgIpc) is 2.84. The Morgan fingerprint density at radius 3 is 2.70 bits per heavy atom. The molecule has 3 rings (SSSR count). The van der Waals surface area contributed by atoms with Gasteiger partial charge in [0, 0.05) is 16.6 Å². The second-order valence-corrected chi connectivity index (χ2v) is 5.72. The molecule has 1 aliphatic heterocycles. The highest BCUT2D eigenvalue weighted by molar-refractivity contribution is 7.11. The van der Waals surface area contributed by atoms with Crippen molar-refractivity contribution in [1.29, 1.82) is 0 Å². The van der Waals surface area contributed by atoms with E-state index in [1.165, 1.54) is 17.0 Å². The Kier molecular flexibility index (Phi) is 3.01. The molecule has 0 bridgehead atoms. The summed E-state index contributed by atoms with van der Waals surface area (Å²) in [6.07, 6.45) is -3.58. The first-order chi connectivity index (χ1) is 9.43. The number of rotatable bonds is 3. The fourth-order valence-corrected chi connectivity index (χ4v) is 2.73. The van der Waals surface area contributed by atoms with Gasteiger partial charge >= 0.3 is 6.29 Å². The van der Waals surface area contributed by atoms with Crippen molar-refractivity contribution in [1.82, 2.24) is 4.98 Å². The van der Waals surface area contributed by atoms with Crippen molar-refractivity contribution in [3.05, 3.63) is 33.8 Å². The Hall–Kier alpha value is -1.89. The van der Waals surface area contributed by atoms with Crippen molar-refractivity contribution in [3.8, 4) is 11.5 Å². The monoisotopic (exact) mass is 298 g/mol. The van der Waals surface area contributed by atoms with Gasteiger partial charge in [0.15, 0.2) is 11.5 Å². The molecule has 0 saturated heterocycles. The number of nitrogens with one attached hydrogen (secondary N) is 1. The number of anilines is 1. The molecule has 1 aromatic heterocycles. The fourth-order valence-electron chi connectivity index (χ4n) is 1.85. The zero-order valence-corrected chi connectivity index (χ0v) is 11.7. The lowest BCUT2D eigenvalue weighted by atomic mass is 10.3. The maximum absolute atomic E-state index is 12.9. The molecule has 0 saturated carbocycles. The number of thiazole rings is 1. The van der Waals surface area contributed by atoms with Crippen LogP contribution in [0.1, 0.15) is 15.6 Å². The molecule has 1 N–H and O–H groups in total. The SMILES string of the molecule is Cc1nc(CNc2ccc3c(c2)OC(F)(F)O3)sc1C. The molecule has 0 fully saturated rings. The van der Waals surface area contributed by atoms with Crippen LogP contribution in [0.4, 0.5) is 14.5 Å². The lowest BCUT2D eigenvalue weighted by Crippen LogP contribution is -2.25. The van der Waals surface area contributed by atoms with Crippen LogP contribution in [0.3, 0.4) is 0 Å². The van der Waals surface area contributed by atoms with Gasteiger partial charge in [-0.3, -0.25) is 0 Å². The van der Waals surface area contributed by atoms with E-state index in [1.807, 2.05) is 13.8 Å². The molecule has 7 heteroatoms. The average molecular weight is 298 g/mol. The summed E-state index contributed by atoms with van der Waals surface area (Å²) in [4.78, 5) is 5.57. The Bertz CT molecular complexity index is 638. The lowest BCUT2D eigenvalue weighted by molar-refractivity contribution is -0.286. The van der Waals surface area contributed by atoms with Crippen LogP contribution in [-0.2, 0) is 6.54 Å². The molecule has 106 valence electrons. The number of hydrogen-bond donors (Lipinski definition) is 1. The number of aromatic nitrogens is 1. The third-order valence-electron chi connectivity index (χ3n) is 2.92. The molecule has 20 heavy (non-hydrogen) atoms. The quantitative estimate of drug-likeness (QED) is 0.938. The van der Waals surface area contributed by atoms with Crippen LogP contribution in [-0.4, -0.2) is 11.3 Å². The van der Waals surface area contributed by atoms with Crippen molar-refractivity contribution in [2.24, 2.45) is 0 Å². The molecule has 0 spiro atoms. The molecule has 0 amide bonds. The third-order valence-corrected chi connectivity index (χ3v) is 3.99. The van der Waals surface area contributed by atoms with Crippen molar-refractivity contribution >= 4 is 17.0 Å². The molecule has 2 aromatic rings. The van der Waals surface area contributed by atoms with Crippen LogP contribution in [0.5, 0.6) is 11.5 Å². The van der Waals surface area contributed by atoms with Gasteiger partial charge in [-0.1, -0.05) is 0 Å². The van der Waals surface area contributed by atoms with Gasteiger partial charge in [0.25, 0.3) is 0 Å². The highest BCUT2D eigenvalue weighted by Crippen LogP contribution is 2.42. The van der Waals surface area contributed by atoms with E-state index in [9.17, 15) is 8.78 Å². The van der Waals surface area contributed by atoms with Crippen molar-refractivity contribution in [3.63, 3.8) is 0 Å². The smallest absolute Gasteiger partial charge is 0.395 e. The van der Waals surface area contributed by atoms with Gasteiger partial charge in [-0.2, -0.15) is 0 Å². The minimum absolute atomic E-state index is 0.0338. The molecule has 1 aromatic carbocycles. The highest BCUT2D eigenvalue weighted by Gasteiger charge is 2.43. The van der Waals surface area contributed by atoms with Crippen LogP contribution in [0.15, 0.2) is 18.2 Å². The van der Waals surface area contributed by atoms with Gasteiger partial charge in [-0.25, -0.2) is 4.98 Å². The van der Waals surface area contributed by atoms with Crippen LogP contribution >= 0.6 is 11.3 Å². The van der Waals surface area contributed by atoms with Gasteiger partial charge < -0.3 is 14.8 Å². The topological polar surface area (TPSA) is 43.4 Å². The summed E-state index contributed by atoms with van der Waals surface area (Å²) >= 11 is 1.61. The van der Waals surface area contributed by atoms with Gasteiger partial charge in [0.1, 0.15) is 5.01 Å². The molecule has 1 aliphatic rings. The van der Waals surface area contributed by atoms with E-state index in [2.05, 4.69) is 19.8 Å². The molecular weight excluding hydrogens is 286 g/mol. The Morgan fingerprint density at radius 2 is 2.00 bits per heavy atom. The first-order valence-corrected chi connectivity index (χ1v) is 6.81. The Labute approximate surface area is 118 Å². The number of aryl methyl sites for hydroxylation is 2. The number of benzene rings is 1. The van der Waals surface area contributed by atoms with Crippen LogP contribution < -0.4 is 14.8 Å². The maximum Gasteiger partial charge on any atom is 0.586 e. The third kappa shape index (κ3) is 2.53. The Balaban J connectivity index is 1.70. The van der Waals surface area contributed by atoms with E-state index >= 15 is 0 Å². The summed E-state index contributed by atoms with van der Waals surface area (Å²) in [5.74, 6) is 0.0768. The number of ether oxygens (including phenoxy) is 2. The summed E-state index contributed by atoms with van der Waals surface area (Å²) < 4.78 is 34.5. The fraction of sp³-hybridized carbons (Fsp3) is 0.308. The van der Waals surface area contributed by atoms with Crippen LogP contribution in [0.25, 0.3) is 0 Å². The minimum Gasteiger partial charge on any atom is -0.395 e. The van der Waals surface area contributed by atoms with E-state index in [0.717, 1.165) is 10.7 Å². The molecule has 0 atom stereocenters. The second-order valence-electron chi connectivity index (χ2n) is 4.43. The maximum atomic E-state index is 12.9. The van der Waals surface area contributed by atoms with Gasteiger partial charge in [-0.15, -0.1) is 20.1 Å². The van der Waals surface area contributed by atoms with E-state index in [-0.39, 0.29) is 11.5 Å². The first kappa shape index (κ1) is 13.1. The molecule has 2 heterocycles. The Morgan fingerprint density at radius 1 is 1.25 bits per heavy atom. The van der Waals surface area contributed by atoms with Crippen molar-refractivity contribution in [2.75, 3.05) is 5.32 Å². The molecular formula is C13H12F2N2O2S. The predicted molar refractivity (Wildman–Crippen MR) is 71.6 cm³/mol. The van der Waals surface area contributed by atoms with Gasteiger partial charge in [0.2, 0.25) is 0 Å². The zero-order chi connectivity index (χ0) is 14.3. The lowest BCUT2D eigenvalue weighted by Gasteiger charge is -2.05. The van der Waals surface area contributed by atoms with E-state index in [0.29, 0.717) is 12.2 Å². The number of alkyl halides is 2.